The van der Waals surface area contributed by atoms with Gasteiger partial charge in [0, 0.05) is 6.04 Å². The number of fused-ring (bicyclic) bond motifs is 1. The van der Waals surface area contributed by atoms with Gasteiger partial charge >= 0.3 is 0 Å². The Morgan fingerprint density at radius 2 is 1.79 bits per heavy atom. The lowest BCUT2D eigenvalue weighted by Gasteiger charge is -2.16. The maximum atomic E-state index is 13.6. The molecular weight excluding hydrogens is 246 g/mol. The second-order valence-electron chi connectivity index (χ2n) is 4.79. The molecule has 3 rings (SSSR count). The van der Waals surface area contributed by atoms with Gasteiger partial charge in [-0.1, -0.05) is 24.3 Å². The first-order valence-corrected chi connectivity index (χ1v) is 6.21. The molecule has 0 radical (unpaired) electrons. The minimum atomic E-state index is -0.459. The van der Waals surface area contributed by atoms with Crippen LogP contribution in [0.1, 0.15) is 29.6 Å². The molecule has 4 heteroatoms. The third kappa shape index (κ3) is 2.19. The normalized spacial score (nSPS) is 21.2. The van der Waals surface area contributed by atoms with Gasteiger partial charge in [0.2, 0.25) is 0 Å². The summed E-state index contributed by atoms with van der Waals surface area (Å²) < 4.78 is 26.8. The van der Waals surface area contributed by atoms with E-state index < -0.39 is 11.6 Å². The highest BCUT2D eigenvalue weighted by molar-refractivity contribution is 5.50. The molecule has 0 amide bonds. The van der Waals surface area contributed by atoms with E-state index in [4.69, 9.17) is 5.73 Å². The summed E-state index contributed by atoms with van der Waals surface area (Å²) in [5, 5.41) is 3.04. The van der Waals surface area contributed by atoms with Crippen LogP contribution in [0.5, 0.6) is 0 Å². The molecule has 0 bridgehead atoms. The fourth-order valence-corrected chi connectivity index (χ4v) is 2.61. The quantitative estimate of drug-likeness (QED) is 0.867. The highest BCUT2D eigenvalue weighted by atomic mass is 19.1. The molecule has 0 aromatic heterocycles. The molecule has 2 unspecified atom stereocenters. The molecule has 98 valence electrons. The van der Waals surface area contributed by atoms with Gasteiger partial charge in [0.1, 0.15) is 11.6 Å². The number of nitrogens with one attached hydrogen (secondary N) is 1. The van der Waals surface area contributed by atoms with Gasteiger partial charge in [0.05, 0.1) is 11.7 Å². The maximum absolute atomic E-state index is 13.6. The highest BCUT2D eigenvalue weighted by Crippen LogP contribution is 2.39. The van der Waals surface area contributed by atoms with E-state index in [0.717, 1.165) is 23.3 Å². The molecule has 0 saturated carbocycles. The molecule has 1 aliphatic carbocycles. The van der Waals surface area contributed by atoms with Crippen molar-refractivity contribution in [2.75, 3.05) is 5.32 Å². The number of rotatable bonds is 2. The van der Waals surface area contributed by atoms with Gasteiger partial charge in [-0.15, -0.1) is 0 Å². The Bertz CT molecular complexity index is 613. The standard InChI is InChI=1S/C15H14F2N2/c16-9-5-6-12(17)15(7-9)19-14-8-13(18)10-3-1-2-4-11(10)14/h1-7,13-14,19H,8,18H2. The average molecular weight is 260 g/mol. The van der Waals surface area contributed by atoms with Crippen LogP contribution in [0.25, 0.3) is 0 Å². The Kier molecular flexibility index (Phi) is 2.95. The Morgan fingerprint density at radius 1 is 1.05 bits per heavy atom. The van der Waals surface area contributed by atoms with Crippen molar-refractivity contribution in [3.05, 3.63) is 65.2 Å². The predicted molar refractivity (Wildman–Crippen MR) is 70.7 cm³/mol. The van der Waals surface area contributed by atoms with Crippen LogP contribution < -0.4 is 11.1 Å². The average Bonchev–Trinajstić information content (AvgIpc) is 2.72. The van der Waals surface area contributed by atoms with E-state index >= 15 is 0 Å². The number of nitrogens with two attached hydrogens (primary N) is 1. The maximum Gasteiger partial charge on any atom is 0.146 e. The van der Waals surface area contributed by atoms with E-state index in [0.29, 0.717) is 6.42 Å². The van der Waals surface area contributed by atoms with Crippen molar-refractivity contribution < 1.29 is 8.78 Å². The molecule has 2 aromatic rings. The Morgan fingerprint density at radius 3 is 2.58 bits per heavy atom. The topological polar surface area (TPSA) is 38.0 Å². The molecule has 19 heavy (non-hydrogen) atoms. The zero-order chi connectivity index (χ0) is 13.4. The minimum absolute atomic E-state index is 0.0645. The Hall–Kier alpha value is -1.94. The van der Waals surface area contributed by atoms with Gasteiger partial charge < -0.3 is 11.1 Å². The second-order valence-corrected chi connectivity index (χ2v) is 4.79. The summed E-state index contributed by atoms with van der Waals surface area (Å²) in [5.74, 6) is -0.918. The summed E-state index contributed by atoms with van der Waals surface area (Å²) in [6.07, 6.45) is 0.676. The van der Waals surface area contributed by atoms with E-state index in [2.05, 4.69) is 5.32 Å². The van der Waals surface area contributed by atoms with Gasteiger partial charge in [-0.3, -0.25) is 0 Å². The molecule has 2 aromatic carbocycles. The van der Waals surface area contributed by atoms with Gasteiger partial charge in [-0.05, 0) is 35.7 Å². The smallest absolute Gasteiger partial charge is 0.146 e. The molecule has 2 nitrogen and oxygen atoms in total. The van der Waals surface area contributed by atoms with E-state index in [-0.39, 0.29) is 17.8 Å². The molecule has 0 heterocycles. The third-order valence-electron chi connectivity index (χ3n) is 3.52. The summed E-state index contributed by atoms with van der Waals surface area (Å²) in [6.45, 7) is 0. The molecule has 0 saturated heterocycles. The number of anilines is 1. The molecule has 1 aliphatic rings. The van der Waals surface area contributed by atoms with Crippen LogP contribution in [0.4, 0.5) is 14.5 Å². The van der Waals surface area contributed by atoms with Gasteiger partial charge in [0.25, 0.3) is 0 Å². The predicted octanol–water partition coefficient (Wildman–Crippen LogP) is 3.52. The number of hydrogen-bond acceptors (Lipinski definition) is 2. The van der Waals surface area contributed by atoms with Crippen molar-refractivity contribution in [3.8, 4) is 0 Å². The van der Waals surface area contributed by atoms with Crippen LogP contribution in [-0.2, 0) is 0 Å². The molecule has 0 fully saturated rings. The summed E-state index contributed by atoms with van der Waals surface area (Å²) in [7, 11) is 0. The number of benzene rings is 2. The fourth-order valence-electron chi connectivity index (χ4n) is 2.61. The summed E-state index contributed by atoms with van der Waals surface area (Å²) >= 11 is 0. The van der Waals surface area contributed by atoms with Crippen LogP contribution in [0, 0.1) is 11.6 Å². The van der Waals surface area contributed by atoms with Crippen LogP contribution in [0.15, 0.2) is 42.5 Å². The SMILES string of the molecule is NC1CC(Nc2cc(F)ccc2F)c2ccccc21. The van der Waals surface area contributed by atoms with Crippen LogP contribution >= 0.6 is 0 Å². The summed E-state index contributed by atoms with van der Waals surface area (Å²) in [6, 6.07) is 11.1. The van der Waals surface area contributed by atoms with Crippen molar-refractivity contribution in [1.82, 2.24) is 0 Å². The lowest BCUT2D eigenvalue weighted by molar-refractivity contribution is 0.594. The first-order valence-electron chi connectivity index (χ1n) is 6.21. The van der Waals surface area contributed by atoms with E-state index in [1.54, 1.807) is 0 Å². The van der Waals surface area contributed by atoms with Gasteiger partial charge in [0.15, 0.2) is 0 Å². The fraction of sp³-hybridized carbons (Fsp3) is 0.200. The molecule has 0 spiro atoms. The van der Waals surface area contributed by atoms with Gasteiger partial charge in [-0.2, -0.15) is 0 Å². The molecular formula is C15H14F2N2. The first kappa shape index (κ1) is 12.1. The Balaban J connectivity index is 1.91. The van der Waals surface area contributed by atoms with Crippen molar-refractivity contribution >= 4 is 5.69 Å². The number of hydrogen-bond donors (Lipinski definition) is 2. The minimum Gasteiger partial charge on any atom is -0.376 e. The summed E-state index contributed by atoms with van der Waals surface area (Å²) in [5.41, 5.74) is 8.35. The number of halogens is 2. The Labute approximate surface area is 110 Å². The highest BCUT2D eigenvalue weighted by Gasteiger charge is 2.28. The van der Waals surface area contributed by atoms with Crippen molar-refractivity contribution in [2.45, 2.75) is 18.5 Å². The van der Waals surface area contributed by atoms with E-state index in [1.165, 1.54) is 6.07 Å². The van der Waals surface area contributed by atoms with Crippen molar-refractivity contribution in [3.63, 3.8) is 0 Å². The molecule has 2 atom stereocenters. The van der Waals surface area contributed by atoms with Crippen LogP contribution in [-0.4, -0.2) is 0 Å². The molecule has 0 aliphatic heterocycles. The molecule has 3 N–H and O–H groups in total. The largest absolute Gasteiger partial charge is 0.376 e. The summed E-state index contributed by atoms with van der Waals surface area (Å²) in [4.78, 5) is 0. The van der Waals surface area contributed by atoms with Crippen molar-refractivity contribution in [2.24, 2.45) is 5.73 Å². The zero-order valence-corrected chi connectivity index (χ0v) is 10.2. The van der Waals surface area contributed by atoms with E-state index in [9.17, 15) is 8.78 Å². The zero-order valence-electron chi connectivity index (χ0n) is 10.2. The van der Waals surface area contributed by atoms with Gasteiger partial charge in [-0.25, -0.2) is 8.78 Å². The lowest BCUT2D eigenvalue weighted by atomic mass is 10.1. The second kappa shape index (κ2) is 4.63. The van der Waals surface area contributed by atoms with Crippen LogP contribution in [0.3, 0.4) is 0 Å². The monoisotopic (exact) mass is 260 g/mol. The third-order valence-corrected chi connectivity index (χ3v) is 3.52. The van der Waals surface area contributed by atoms with Crippen molar-refractivity contribution in [1.29, 1.82) is 0 Å². The van der Waals surface area contributed by atoms with Crippen LogP contribution in [0.2, 0.25) is 0 Å². The van der Waals surface area contributed by atoms with E-state index in [1.807, 2.05) is 24.3 Å². The first-order chi connectivity index (χ1) is 9.15. The lowest BCUT2D eigenvalue weighted by Crippen LogP contribution is -2.11.